The van der Waals surface area contributed by atoms with Gasteiger partial charge in [-0.25, -0.2) is 14.3 Å². The smallest absolute Gasteiger partial charge is 0.269 e. The number of benzene rings is 1. The van der Waals surface area contributed by atoms with E-state index in [4.69, 9.17) is 35.8 Å². The van der Waals surface area contributed by atoms with E-state index in [2.05, 4.69) is 61.2 Å². The maximum absolute atomic E-state index is 8.34. The van der Waals surface area contributed by atoms with E-state index >= 15 is 0 Å². The summed E-state index contributed by atoms with van der Waals surface area (Å²) in [7, 11) is -2.56. The first-order valence-corrected chi connectivity index (χ1v) is 22.8. The summed E-state index contributed by atoms with van der Waals surface area (Å²) in [5.74, 6) is 1.27. The number of anilines is 2. The van der Waals surface area contributed by atoms with Crippen molar-refractivity contribution < 1.29 is 14.2 Å². The fourth-order valence-electron chi connectivity index (χ4n) is 5.03. The average Bonchev–Trinajstić information content (AvgIpc) is 3.42. The lowest BCUT2D eigenvalue weighted by Crippen LogP contribution is -2.38. The summed E-state index contributed by atoms with van der Waals surface area (Å²) >= 11 is 0. The summed E-state index contributed by atoms with van der Waals surface area (Å²) in [4.78, 5) is 18.0. The van der Waals surface area contributed by atoms with E-state index < -0.39 is 16.1 Å². The fourth-order valence-corrected chi connectivity index (χ4v) is 6.54. The molecule has 234 valence electrons. The van der Waals surface area contributed by atoms with Crippen molar-refractivity contribution in [2.45, 2.75) is 51.4 Å². The normalized spacial score (nSPS) is 14.3. The minimum Gasteiger partial charge on any atom is -0.378 e. The van der Waals surface area contributed by atoms with E-state index in [1.165, 1.54) is 0 Å². The van der Waals surface area contributed by atoms with E-state index in [-0.39, 0.29) is 13.5 Å². The van der Waals surface area contributed by atoms with Gasteiger partial charge in [0.2, 0.25) is 0 Å². The first-order chi connectivity index (χ1) is 21.0. The first kappa shape index (κ1) is 32.1. The van der Waals surface area contributed by atoms with Gasteiger partial charge in [-0.2, -0.15) is 5.10 Å². The zero-order valence-electron chi connectivity index (χ0n) is 27.0. The molecule has 1 fully saturated rings. The van der Waals surface area contributed by atoms with Crippen molar-refractivity contribution in [3.05, 3.63) is 54.1 Å². The summed E-state index contributed by atoms with van der Waals surface area (Å²) < 4.78 is 20.0. The predicted octanol–water partition coefficient (Wildman–Crippen LogP) is 6.76. The molecule has 0 unspecified atom stereocenters. The van der Waals surface area contributed by atoms with Crippen LogP contribution in [-0.2, 0) is 14.2 Å². The highest BCUT2D eigenvalue weighted by Crippen LogP contribution is 2.40. The molecular formula is C32H45N7O3Si2. The number of pyridine rings is 1. The molecular weight excluding hydrogens is 587 g/mol. The number of para-hydroxylation sites is 1. The Morgan fingerprint density at radius 2 is 1.61 bits per heavy atom. The summed E-state index contributed by atoms with van der Waals surface area (Å²) in [5.41, 5.74) is 3.82. The Balaban J connectivity index is 1.61. The van der Waals surface area contributed by atoms with Gasteiger partial charge in [-0.05, 0) is 24.2 Å². The molecule has 0 spiro atoms. The highest BCUT2D eigenvalue weighted by Gasteiger charge is 2.28. The van der Waals surface area contributed by atoms with Gasteiger partial charge in [-0.3, -0.25) is 4.98 Å². The average molecular weight is 632 g/mol. The van der Waals surface area contributed by atoms with E-state index in [1.807, 2.05) is 35.5 Å². The number of aromatic nitrogens is 4. The standard InChI is InChI=1S/C32H45N7O3Si2/c1-33-29-31(37-12-14-40-15-13-37)36-30-27(26-20-25-10-8-9-11-28(25)34-21-26)22-35-39(30)32(29)38(23-41-16-18-43(2,3)4)24-42-17-19-44(5,6)7/h8-11,20-22H,12-19,23-24H2,2-7H3. The molecule has 0 N–H and O–H groups in total. The summed E-state index contributed by atoms with van der Waals surface area (Å²) in [5, 5.41) is 5.87. The van der Waals surface area contributed by atoms with Crippen LogP contribution < -0.4 is 9.80 Å². The van der Waals surface area contributed by atoms with Crippen LogP contribution in [0.25, 0.3) is 32.5 Å². The molecule has 1 saturated heterocycles. The molecule has 0 radical (unpaired) electrons. The second kappa shape index (κ2) is 13.7. The van der Waals surface area contributed by atoms with Gasteiger partial charge in [0.05, 0.1) is 31.5 Å². The number of hydrogen-bond acceptors (Lipinski definition) is 8. The van der Waals surface area contributed by atoms with Crippen LogP contribution in [0.3, 0.4) is 0 Å². The lowest BCUT2D eigenvalue weighted by molar-refractivity contribution is 0.0944. The van der Waals surface area contributed by atoms with Gasteiger partial charge in [0, 0.05) is 65.2 Å². The Bertz CT molecular complexity index is 1600. The van der Waals surface area contributed by atoms with Gasteiger partial charge in [0.25, 0.3) is 5.69 Å². The second-order valence-electron chi connectivity index (χ2n) is 13.8. The van der Waals surface area contributed by atoms with Crippen molar-refractivity contribution in [3.8, 4) is 11.1 Å². The molecule has 4 aromatic rings. The Morgan fingerprint density at radius 3 is 2.25 bits per heavy atom. The molecule has 10 nitrogen and oxygen atoms in total. The van der Waals surface area contributed by atoms with Crippen LogP contribution >= 0.6 is 0 Å². The monoisotopic (exact) mass is 631 g/mol. The van der Waals surface area contributed by atoms with Gasteiger partial charge in [0.1, 0.15) is 25.1 Å². The van der Waals surface area contributed by atoms with Gasteiger partial charge >= 0.3 is 0 Å². The Kier molecular flexibility index (Phi) is 10.0. The number of morpholine rings is 1. The quantitative estimate of drug-likeness (QED) is 0.0693. The second-order valence-corrected chi connectivity index (χ2v) is 25.0. The SMILES string of the molecule is [C-]#[N+]c1c(N2CCOCC2)nc2c(-c3cnc4ccccc4c3)cnn2c1N(COCC[Si](C)(C)C)COCC[Si](C)(C)C. The van der Waals surface area contributed by atoms with Crippen molar-refractivity contribution in [3.63, 3.8) is 0 Å². The third-order valence-electron chi connectivity index (χ3n) is 7.69. The molecule has 5 rings (SSSR count). The van der Waals surface area contributed by atoms with Gasteiger partial charge in [-0.1, -0.05) is 57.5 Å². The molecule has 12 heteroatoms. The minimum atomic E-state index is -1.28. The molecule has 3 aromatic heterocycles. The van der Waals surface area contributed by atoms with Crippen molar-refractivity contribution in [1.82, 2.24) is 19.6 Å². The molecule has 1 aliphatic rings. The first-order valence-electron chi connectivity index (χ1n) is 15.4. The topological polar surface area (TPSA) is 81.6 Å². The third-order valence-corrected chi connectivity index (χ3v) is 11.1. The molecule has 0 bridgehead atoms. The summed E-state index contributed by atoms with van der Waals surface area (Å²) in [6, 6.07) is 12.3. The molecule has 4 heterocycles. The fraction of sp³-hybridized carbons (Fsp3) is 0.500. The van der Waals surface area contributed by atoms with E-state index in [0.29, 0.717) is 62.5 Å². The number of fused-ring (bicyclic) bond motifs is 2. The van der Waals surface area contributed by atoms with Crippen LogP contribution in [0.4, 0.5) is 17.3 Å². The van der Waals surface area contributed by atoms with Crippen LogP contribution in [-0.4, -0.2) is 88.7 Å². The van der Waals surface area contributed by atoms with Crippen LogP contribution in [0.5, 0.6) is 0 Å². The minimum absolute atomic E-state index is 0.286. The Labute approximate surface area is 262 Å². The van der Waals surface area contributed by atoms with Crippen LogP contribution in [0.2, 0.25) is 51.4 Å². The maximum Gasteiger partial charge on any atom is 0.269 e. The molecule has 0 atom stereocenters. The van der Waals surface area contributed by atoms with Crippen LogP contribution in [0.1, 0.15) is 0 Å². The van der Waals surface area contributed by atoms with Gasteiger partial charge in [0.15, 0.2) is 5.65 Å². The molecule has 0 amide bonds. The number of nitrogens with zero attached hydrogens (tertiary/aromatic N) is 7. The molecule has 44 heavy (non-hydrogen) atoms. The highest BCUT2D eigenvalue weighted by molar-refractivity contribution is 6.76. The third kappa shape index (κ3) is 7.83. The Morgan fingerprint density at radius 1 is 0.955 bits per heavy atom. The van der Waals surface area contributed by atoms with E-state index in [9.17, 15) is 0 Å². The molecule has 1 aliphatic heterocycles. The summed E-state index contributed by atoms with van der Waals surface area (Å²) in [6.45, 7) is 26.8. The summed E-state index contributed by atoms with van der Waals surface area (Å²) in [6.07, 6.45) is 3.69. The van der Waals surface area contributed by atoms with Gasteiger partial charge in [-0.15, -0.1) is 0 Å². The largest absolute Gasteiger partial charge is 0.378 e. The lowest BCUT2D eigenvalue weighted by atomic mass is 10.1. The zero-order valence-corrected chi connectivity index (χ0v) is 29.0. The van der Waals surface area contributed by atoms with E-state index in [0.717, 1.165) is 34.1 Å². The van der Waals surface area contributed by atoms with Crippen molar-refractivity contribution in [1.29, 1.82) is 0 Å². The predicted molar refractivity (Wildman–Crippen MR) is 183 cm³/mol. The van der Waals surface area contributed by atoms with Crippen LogP contribution in [0, 0.1) is 6.57 Å². The van der Waals surface area contributed by atoms with Crippen molar-refractivity contribution in [2.24, 2.45) is 0 Å². The lowest BCUT2D eigenvalue weighted by Gasteiger charge is -2.32. The van der Waals surface area contributed by atoms with Crippen LogP contribution in [0.15, 0.2) is 42.7 Å². The molecule has 0 aliphatic carbocycles. The molecule has 1 aromatic carbocycles. The Hall–Kier alpha value is -3.35. The van der Waals surface area contributed by atoms with Crippen molar-refractivity contribution in [2.75, 3.05) is 62.8 Å². The highest BCUT2D eigenvalue weighted by atomic mass is 28.3. The van der Waals surface area contributed by atoms with Crippen molar-refractivity contribution >= 4 is 50.0 Å². The zero-order chi connectivity index (χ0) is 31.3. The number of hydrogen-bond donors (Lipinski definition) is 0. The van der Waals surface area contributed by atoms with Gasteiger partial charge < -0.3 is 24.0 Å². The maximum atomic E-state index is 8.34. The number of rotatable bonds is 13. The molecule has 0 saturated carbocycles. The van der Waals surface area contributed by atoms with E-state index in [1.54, 1.807) is 4.52 Å². The number of ether oxygens (including phenoxy) is 3.